The highest BCUT2D eigenvalue weighted by Crippen LogP contribution is 2.34. The van der Waals surface area contributed by atoms with E-state index in [1.807, 2.05) is 31.2 Å². The first-order chi connectivity index (χ1) is 12.5. The number of ether oxygens (including phenoxy) is 1. The Morgan fingerprint density at radius 3 is 2.35 bits per heavy atom. The number of carbonyl (C=O) groups excluding carboxylic acids is 4. The lowest BCUT2D eigenvalue weighted by Crippen LogP contribution is -2.37. The molecule has 7 nitrogen and oxygen atoms in total. The molecule has 0 saturated carbocycles. The molecule has 0 aromatic heterocycles. The second-order valence-corrected chi connectivity index (χ2v) is 6.44. The highest BCUT2D eigenvalue weighted by atomic mass is 16.5. The Labute approximate surface area is 151 Å². The van der Waals surface area contributed by atoms with Gasteiger partial charge in [-0.15, -0.1) is 0 Å². The molecule has 1 aromatic carbocycles. The molecule has 1 N–H and O–H groups in total. The van der Waals surface area contributed by atoms with Crippen LogP contribution in [0.25, 0.3) is 0 Å². The highest BCUT2D eigenvalue weighted by molar-refractivity contribution is 6.07. The fourth-order valence-corrected chi connectivity index (χ4v) is 3.25. The summed E-state index contributed by atoms with van der Waals surface area (Å²) in [6, 6.07) is 7.22. The predicted octanol–water partition coefficient (Wildman–Crippen LogP) is 1.43. The molecule has 2 aliphatic rings. The van der Waals surface area contributed by atoms with Crippen LogP contribution in [0.4, 0.5) is 5.69 Å². The van der Waals surface area contributed by atoms with E-state index >= 15 is 0 Å². The van der Waals surface area contributed by atoms with Gasteiger partial charge in [0.25, 0.3) is 5.91 Å². The summed E-state index contributed by atoms with van der Waals surface area (Å²) in [6.07, 6.45) is 4.79. The monoisotopic (exact) mass is 356 g/mol. The minimum atomic E-state index is -0.779. The van der Waals surface area contributed by atoms with Crippen molar-refractivity contribution in [1.29, 1.82) is 0 Å². The van der Waals surface area contributed by atoms with Gasteiger partial charge in [-0.1, -0.05) is 30.4 Å². The van der Waals surface area contributed by atoms with Gasteiger partial charge in [-0.3, -0.25) is 24.1 Å². The molecule has 0 bridgehead atoms. The Kier molecular flexibility index (Phi) is 5.16. The number of esters is 1. The number of aryl methyl sites for hydroxylation is 1. The SMILES string of the molecule is Cc1ccccc1NC(=O)COC(=O)CN1C(=O)[C@H]2CC=CC[C@@H]2C1=O. The lowest BCUT2D eigenvalue weighted by molar-refractivity contribution is -0.154. The molecular formula is C19H20N2O5. The number of nitrogens with zero attached hydrogens (tertiary/aromatic N) is 1. The number of rotatable bonds is 5. The molecule has 1 heterocycles. The summed E-state index contributed by atoms with van der Waals surface area (Å²) in [4.78, 5) is 49.4. The number of imide groups is 1. The zero-order valence-electron chi connectivity index (χ0n) is 14.4. The van der Waals surface area contributed by atoms with Gasteiger partial charge < -0.3 is 10.1 Å². The predicted molar refractivity (Wildman–Crippen MR) is 92.8 cm³/mol. The molecule has 0 spiro atoms. The van der Waals surface area contributed by atoms with Gasteiger partial charge >= 0.3 is 5.97 Å². The molecule has 1 fully saturated rings. The molecule has 0 radical (unpaired) electrons. The Bertz CT molecular complexity index is 760. The van der Waals surface area contributed by atoms with E-state index in [1.165, 1.54) is 0 Å². The molecule has 1 aliphatic carbocycles. The van der Waals surface area contributed by atoms with Crippen molar-refractivity contribution in [1.82, 2.24) is 4.90 Å². The fraction of sp³-hybridized carbons (Fsp3) is 0.368. The summed E-state index contributed by atoms with van der Waals surface area (Å²) in [5.74, 6) is -2.71. The van der Waals surface area contributed by atoms with Crippen molar-refractivity contribution in [3.63, 3.8) is 0 Å². The van der Waals surface area contributed by atoms with Gasteiger partial charge in [0.05, 0.1) is 11.8 Å². The van der Waals surface area contributed by atoms with Crippen molar-refractivity contribution in [3.8, 4) is 0 Å². The van der Waals surface area contributed by atoms with Gasteiger partial charge in [0.15, 0.2) is 6.61 Å². The lowest BCUT2D eigenvalue weighted by Gasteiger charge is -2.14. The number of likely N-dealkylation sites (tertiary alicyclic amines) is 1. The van der Waals surface area contributed by atoms with Crippen molar-refractivity contribution >= 4 is 29.4 Å². The van der Waals surface area contributed by atoms with Crippen molar-refractivity contribution in [2.24, 2.45) is 11.8 Å². The number of fused-ring (bicyclic) bond motifs is 1. The van der Waals surface area contributed by atoms with E-state index in [-0.39, 0.29) is 23.7 Å². The van der Waals surface area contributed by atoms with Gasteiger partial charge in [-0.05, 0) is 31.4 Å². The molecule has 1 aliphatic heterocycles. The third-order valence-electron chi connectivity index (χ3n) is 4.67. The minimum absolute atomic E-state index is 0.342. The smallest absolute Gasteiger partial charge is 0.326 e. The van der Waals surface area contributed by atoms with E-state index in [9.17, 15) is 19.2 Å². The molecule has 1 saturated heterocycles. The van der Waals surface area contributed by atoms with Crippen molar-refractivity contribution < 1.29 is 23.9 Å². The van der Waals surface area contributed by atoms with E-state index in [0.29, 0.717) is 18.5 Å². The van der Waals surface area contributed by atoms with Crippen LogP contribution in [0.3, 0.4) is 0 Å². The first kappa shape index (κ1) is 17.8. The maximum atomic E-state index is 12.3. The normalized spacial score (nSPS) is 21.5. The molecule has 2 atom stereocenters. The average Bonchev–Trinajstić information content (AvgIpc) is 2.87. The van der Waals surface area contributed by atoms with Gasteiger partial charge in [-0.2, -0.15) is 0 Å². The fourth-order valence-electron chi connectivity index (χ4n) is 3.25. The van der Waals surface area contributed by atoms with E-state index in [2.05, 4.69) is 5.32 Å². The Hall–Kier alpha value is -2.96. The molecule has 26 heavy (non-hydrogen) atoms. The molecule has 7 heteroatoms. The molecule has 3 rings (SSSR count). The van der Waals surface area contributed by atoms with Crippen molar-refractivity contribution in [2.45, 2.75) is 19.8 Å². The van der Waals surface area contributed by atoms with Crippen LogP contribution >= 0.6 is 0 Å². The molecular weight excluding hydrogens is 336 g/mol. The number of carbonyl (C=O) groups is 4. The van der Waals surface area contributed by atoms with Crippen LogP contribution in [-0.4, -0.2) is 41.7 Å². The Morgan fingerprint density at radius 1 is 1.12 bits per heavy atom. The number of allylic oxidation sites excluding steroid dienone is 2. The van der Waals surface area contributed by atoms with Crippen LogP contribution in [0.2, 0.25) is 0 Å². The van der Waals surface area contributed by atoms with Gasteiger partial charge in [-0.25, -0.2) is 0 Å². The highest BCUT2D eigenvalue weighted by Gasteiger charge is 2.47. The van der Waals surface area contributed by atoms with E-state index in [1.54, 1.807) is 12.1 Å². The minimum Gasteiger partial charge on any atom is -0.454 e. The van der Waals surface area contributed by atoms with E-state index in [4.69, 9.17) is 4.74 Å². The number of para-hydroxylation sites is 1. The Morgan fingerprint density at radius 2 is 1.73 bits per heavy atom. The summed E-state index contributed by atoms with van der Waals surface area (Å²) in [5, 5.41) is 2.65. The standard InChI is InChI=1S/C19H20N2O5/c1-12-6-2-5-9-15(12)20-16(22)11-26-17(23)10-21-18(24)13-7-3-4-8-14(13)19(21)25/h2-6,9,13-14H,7-8,10-11H2,1H3,(H,20,22)/t13-,14-/m0/s1. The number of anilines is 1. The van der Waals surface area contributed by atoms with Crippen molar-refractivity contribution in [2.75, 3.05) is 18.5 Å². The summed E-state index contributed by atoms with van der Waals surface area (Å²) in [6.45, 7) is 0.917. The summed E-state index contributed by atoms with van der Waals surface area (Å²) in [5.41, 5.74) is 1.52. The Balaban J connectivity index is 1.50. The third kappa shape index (κ3) is 3.66. The molecule has 1 aromatic rings. The molecule has 136 valence electrons. The first-order valence-corrected chi connectivity index (χ1v) is 8.48. The van der Waals surface area contributed by atoms with E-state index in [0.717, 1.165) is 10.5 Å². The summed E-state index contributed by atoms with van der Waals surface area (Å²) >= 11 is 0. The summed E-state index contributed by atoms with van der Waals surface area (Å²) < 4.78 is 4.92. The van der Waals surface area contributed by atoms with Crippen LogP contribution in [0, 0.1) is 18.8 Å². The van der Waals surface area contributed by atoms with E-state index < -0.39 is 25.0 Å². The molecule has 0 unspecified atom stereocenters. The quantitative estimate of drug-likeness (QED) is 0.489. The van der Waals surface area contributed by atoms with Crippen LogP contribution < -0.4 is 5.32 Å². The largest absolute Gasteiger partial charge is 0.454 e. The third-order valence-corrected chi connectivity index (χ3v) is 4.67. The lowest BCUT2D eigenvalue weighted by atomic mass is 9.85. The van der Waals surface area contributed by atoms with Gasteiger partial charge in [0.1, 0.15) is 6.54 Å². The topological polar surface area (TPSA) is 92.8 Å². The summed E-state index contributed by atoms with van der Waals surface area (Å²) in [7, 11) is 0. The molecule has 3 amide bonds. The van der Waals surface area contributed by atoms with Crippen LogP contribution in [0.5, 0.6) is 0 Å². The number of amides is 3. The number of benzene rings is 1. The second kappa shape index (κ2) is 7.51. The number of hydrogen-bond acceptors (Lipinski definition) is 5. The van der Waals surface area contributed by atoms with Crippen LogP contribution in [-0.2, 0) is 23.9 Å². The van der Waals surface area contributed by atoms with Crippen LogP contribution in [0.15, 0.2) is 36.4 Å². The second-order valence-electron chi connectivity index (χ2n) is 6.44. The number of nitrogens with one attached hydrogen (secondary N) is 1. The van der Waals surface area contributed by atoms with Crippen molar-refractivity contribution in [3.05, 3.63) is 42.0 Å². The first-order valence-electron chi connectivity index (χ1n) is 8.48. The van der Waals surface area contributed by atoms with Gasteiger partial charge in [0.2, 0.25) is 11.8 Å². The zero-order valence-corrected chi connectivity index (χ0v) is 14.4. The zero-order chi connectivity index (χ0) is 18.7. The average molecular weight is 356 g/mol. The maximum Gasteiger partial charge on any atom is 0.326 e. The maximum absolute atomic E-state index is 12.3. The number of hydrogen-bond donors (Lipinski definition) is 1. The van der Waals surface area contributed by atoms with Crippen LogP contribution in [0.1, 0.15) is 18.4 Å². The van der Waals surface area contributed by atoms with Gasteiger partial charge in [0, 0.05) is 5.69 Å².